The number of carbonyl (C=O) groups excluding carboxylic acids is 4. The topological polar surface area (TPSA) is 237 Å². The van der Waals surface area contributed by atoms with E-state index in [0.717, 1.165) is 167 Å². The second-order valence-electron chi connectivity index (χ2n) is 27.0. The van der Waals surface area contributed by atoms with Gasteiger partial charge in [-0.25, -0.2) is 9.13 Å². The van der Waals surface area contributed by atoms with Crippen molar-refractivity contribution in [3.05, 3.63) is 97.2 Å². The van der Waals surface area contributed by atoms with Crippen molar-refractivity contribution in [3.63, 3.8) is 0 Å². The van der Waals surface area contributed by atoms with Gasteiger partial charge in [-0.15, -0.1) is 0 Å². The number of unbranched alkanes of at least 4 members (excludes halogenated alkanes) is 34. The zero-order valence-corrected chi connectivity index (χ0v) is 66.3. The summed E-state index contributed by atoms with van der Waals surface area (Å²) < 4.78 is 68.6. The van der Waals surface area contributed by atoms with Gasteiger partial charge in [0.15, 0.2) is 12.2 Å². The molecule has 0 aromatic heterocycles. The molecule has 102 heavy (non-hydrogen) atoms. The third kappa shape index (κ3) is 74.3. The number of aliphatic hydroxyl groups is 1. The summed E-state index contributed by atoms with van der Waals surface area (Å²) in [7, 11) is -9.96. The van der Waals surface area contributed by atoms with Gasteiger partial charge in [0.1, 0.15) is 19.3 Å². The van der Waals surface area contributed by atoms with Crippen LogP contribution < -0.4 is 0 Å². The highest BCUT2D eigenvalue weighted by molar-refractivity contribution is 7.47. The Hall–Kier alpha value is -4.02. The third-order valence-electron chi connectivity index (χ3n) is 17.0. The summed E-state index contributed by atoms with van der Waals surface area (Å²) >= 11 is 0. The summed E-state index contributed by atoms with van der Waals surface area (Å²) in [4.78, 5) is 73.0. The molecule has 0 aliphatic heterocycles. The van der Waals surface area contributed by atoms with E-state index in [1.807, 2.05) is 0 Å². The van der Waals surface area contributed by atoms with Gasteiger partial charge in [-0.05, 0) is 148 Å². The van der Waals surface area contributed by atoms with E-state index < -0.39 is 97.5 Å². The van der Waals surface area contributed by atoms with Crippen molar-refractivity contribution in [3.8, 4) is 0 Å². The van der Waals surface area contributed by atoms with Crippen LogP contribution in [0.3, 0.4) is 0 Å². The lowest BCUT2D eigenvalue weighted by atomic mass is 10.1. The van der Waals surface area contributed by atoms with Crippen LogP contribution in [-0.2, 0) is 65.4 Å². The monoisotopic (exact) mass is 1480 g/mol. The van der Waals surface area contributed by atoms with Gasteiger partial charge in [-0.3, -0.25) is 37.3 Å². The maximum atomic E-state index is 13.1. The Balaban J connectivity index is 5.38. The molecule has 17 nitrogen and oxygen atoms in total. The van der Waals surface area contributed by atoms with Crippen LogP contribution in [0, 0.1) is 0 Å². The van der Waals surface area contributed by atoms with Crippen LogP contribution in [0.25, 0.3) is 0 Å². The van der Waals surface area contributed by atoms with Gasteiger partial charge in [-0.1, -0.05) is 273 Å². The fourth-order valence-electron chi connectivity index (χ4n) is 10.8. The Bertz CT molecular complexity index is 2310. The number of carbonyl (C=O) groups is 4. The highest BCUT2D eigenvalue weighted by Crippen LogP contribution is 2.45. The van der Waals surface area contributed by atoms with Gasteiger partial charge in [0, 0.05) is 25.7 Å². The first kappa shape index (κ1) is 98.0. The van der Waals surface area contributed by atoms with Crippen LogP contribution in [0.5, 0.6) is 0 Å². The Morgan fingerprint density at radius 3 is 0.814 bits per heavy atom. The second kappa shape index (κ2) is 75.2. The molecule has 0 spiro atoms. The molecule has 2 unspecified atom stereocenters. The fraction of sp³-hybridized carbons (Fsp3) is 0.759. The van der Waals surface area contributed by atoms with E-state index in [-0.39, 0.29) is 25.7 Å². The van der Waals surface area contributed by atoms with Gasteiger partial charge in [-0.2, -0.15) is 0 Å². The Morgan fingerprint density at radius 2 is 0.510 bits per heavy atom. The molecule has 0 aromatic carbocycles. The maximum Gasteiger partial charge on any atom is 0.472 e. The zero-order valence-electron chi connectivity index (χ0n) is 64.5. The maximum absolute atomic E-state index is 13.1. The number of aliphatic hydroxyl groups excluding tert-OH is 1. The number of hydrogen-bond acceptors (Lipinski definition) is 15. The first-order chi connectivity index (χ1) is 49.7. The number of phosphoric acid groups is 2. The van der Waals surface area contributed by atoms with E-state index >= 15 is 0 Å². The van der Waals surface area contributed by atoms with Crippen molar-refractivity contribution in [1.82, 2.24) is 0 Å². The number of allylic oxidation sites excluding steroid dienone is 16. The number of rotatable bonds is 76. The van der Waals surface area contributed by atoms with E-state index in [1.54, 1.807) is 0 Å². The van der Waals surface area contributed by atoms with Crippen molar-refractivity contribution in [2.75, 3.05) is 39.6 Å². The minimum absolute atomic E-state index is 0.0776. The first-order valence-corrected chi connectivity index (χ1v) is 43.5. The number of phosphoric ester groups is 2. The molecule has 0 amide bonds. The number of hydrogen-bond donors (Lipinski definition) is 3. The molecule has 3 N–H and O–H groups in total. The highest BCUT2D eigenvalue weighted by atomic mass is 31.2. The summed E-state index contributed by atoms with van der Waals surface area (Å²) in [6, 6.07) is 0. The first-order valence-electron chi connectivity index (χ1n) is 40.5. The standard InChI is InChI=1S/C83H146O17P2/c1-5-9-13-17-21-25-29-33-36-37-38-39-42-45-48-52-56-60-64-68-81(86)94-74-79(100-83(88)70-66-62-58-54-50-46-41-35-31-27-23-19-15-11-7-3)76-98-102(91,92)96-72-77(84)71-95-101(89,90)97-75-78(99-82(87)69-65-61-57-53-49-43-32-28-24-20-16-12-8-4)73-93-80(85)67-63-59-55-51-47-44-40-34-30-26-22-18-14-10-6-2/h9,13,21,25-26,28,30,32-33,35-36,38-39,41,45,48,77-79,84H,5-8,10-12,14-20,22-24,27,29,31,34,37,40,42-44,46-47,49-76H2,1-4H3,(H,89,90)(H,91,92)/b13-9-,25-21-,30-26-,32-28-,36-33-,39-38-,41-35-,48-45-/t77-,78+,79+/m0/s1. The molecular formula is C83H146O17P2. The number of esters is 4. The Kier molecular flexibility index (Phi) is 72.3. The predicted octanol–water partition coefficient (Wildman–Crippen LogP) is 23.6. The van der Waals surface area contributed by atoms with E-state index in [9.17, 15) is 43.2 Å². The van der Waals surface area contributed by atoms with Crippen molar-refractivity contribution in [1.29, 1.82) is 0 Å². The largest absolute Gasteiger partial charge is 0.472 e. The van der Waals surface area contributed by atoms with E-state index in [2.05, 4.69) is 125 Å². The molecule has 0 bridgehead atoms. The van der Waals surface area contributed by atoms with Gasteiger partial charge in [0.25, 0.3) is 0 Å². The van der Waals surface area contributed by atoms with Crippen molar-refractivity contribution in [2.45, 2.75) is 367 Å². The van der Waals surface area contributed by atoms with Crippen LogP contribution in [0.4, 0.5) is 0 Å². The second-order valence-corrected chi connectivity index (χ2v) is 29.9. The minimum atomic E-state index is -4.99. The summed E-state index contributed by atoms with van der Waals surface area (Å²) in [5.41, 5.74) is 0. The predicted molar refractivity (Wildman–Crippen MR) is 418 cm³/mol. The highest BCUT2D eigenvalue weighted by Gasteiger charge is 2.30. The summed E-state index contributed by atoms with van der Waals surface area (Å²) in [5.74, 6) is -2.22. The molecule has 0 saturated carbocycles. The van der Waals surface area contributed by atoms with Gasteiger partial charge in [0.05, 0.1) is 26.4 Å². The Morgan fingerprint density at radius 1 is 0.284 bits per heavy atom. The molecule has 590 valence electrons. The third-order valence-corrected chi connectivity index (χ3v) is 18.9. The molecule has 0 aromatic rings. The number of ether oxygens (including phenoxy) is 4. The van der Waals surface area contributed by atoms with Crippen molar-refractivity contribution in [2.24, 2.45) is 0 Å². The molecule has 0 fully saturated rings. The molecule has 0 heterocycles. The van der Waals surface area contributed by atoms with Crippen molar-refractivity contribution >= 4 is 39.5 Å². The average molecular weight is 1480 g/mol. The fourth-order valence-corrected chi connectivity index (χ4v) is 12.4. The SMILES string of the molecule is CC/C=C\C/C=C\C/C=C\C/C=C\C/C=C\CCCCCC(=O)OC[C@H](COP(=O)(O)OC[C@@H](O)COP(=O)(O)OC[C@@H](COC(=O)CCCCCCCCC/C=C\CCCCCC)OC(=O)CCCCCCC/C=C\CCCCCC)OC(=O)CCCCCCC/C=C\CCCCCCCC. The zero-order chi connectivity index (χ0) is 74.6. The van der Waals surface area contributed by atoms with Crippen LogP contribution in [0.2, 0.25) is 0 Å². The average Bonchev–Trinajstić information content (AvgIpc) is 0.924. The van der Waals surface area contributed by atoms with Crippen LogP contribution in [-0.4, -0.2) is 96.7 Å². The van der Waals surface area contributed by atoms with Crippen molar-refractivity contribution < 1.29 is 80.2 Å². The van der Waals surface area contributed by atoms with E-state index in [0.29, 0.717) is 25.7 Å². The van der Waals surface area contributed by atoms with Crippen LogP contribution in [0.1, 0.15) is 349 Å². The molecule has 0 rings (SSSR count). The minimum Gasteiger partial charge on any atom is -0.462 e. The summed E-state index contributed by atoms with van der Waals surface area (Å²) in [5, 5.41) is 10.6. The molecule has 5 atom stereocenters. The molecular weight excluding hydrogens is 1330 g/mol. The van der Waals surface area contributed by atoms with Gasteiger partial charge in [0.2, 0.25) is 0 Å². The lowest BCUT2D eigenvalue weighted by Crippen LogP contribution is -2.30. The lowest BCUT2D eigenvalue weighted by molar-refractivity contribution is -0.161. The summed E-state index contributed by atoms with van der Waals surface area (Å²) in [6.07, 6.45) is 79.5. The van der Waals surface area contributed by atoms with Crippen LogP contribution in [0.15, 0.2) is 97.2 Å². The summed E-state index contributed by atoms with van der Waals surface area (Å²) in [6.45, 7) is 4.71. The van der Waals surface area contributed by atoms with Gasteiger partial charge >= 0.3 is 39.5 Å². The molecule has 0 aliphatic carbocycles. The molecule has 0 aliphatic rings. The van der Waals surface area contributed by atoms with E-state index in [1.165, 1.54) is 103 Å². The quantitative estimate of drug-likeness (QED) is 0.0169. The lowest BCUT2D eigenvalue weighted by Gasteiger charge is -2.21. The normalized spacial score (nSPS) is 14.4. The van der Waals surface area contributed by atoms with Gasteiger partial charge < -0.3 is 33.8 Å². The molecule has 0 radical (unpaired) electrons. The Labute approximate surface area is 620 Å². The smallest absolute Gasteiger partial charge is 0.462 e. The van der Waals surface area contributed by atoms with Crippen LogP contribution >= 0.6 is 15.6 Å². The molecule has 0 saturated heterocycles. The molecule has 19 heteroatoms. The van der Waals surface area contributed by atoms with E-state index in [4.69, 9.17) is 37.0 Å².